The number of hydrogen-bond acceptors (Lipinski definition) is 7. The molecule has 0 N–H and O–H groups in total. The zero-order valence-electron chi connectivity index (χ0n) is 13.2. The summed E-state index contributed by atoms with van der Waals surface area (Å²) < 4.78 is 34.2. The summed E-state index contributed by atoms with van der Waals surface area (Å²) in [6, 6.07) is 2.57. The lowest BCUT2D eigenvalue weighted by Crippen LogP contribution is -2.39. The smallest absolute Gasteiger partial charge is 0.355 e. The number of benzene rings is 1. The van der Waals surface area contributed by atoms with Gasteiger partial charge in [0.05, 0.1) is 43.7 Å². The van der Waals surface area contributed by atoms with Crippen molar-refractivity contribution in [2.24, 2.45) is 0 Å². The third-order valence-electron chi connectivity index (χ3n) is 3.35. The highest BCUT2D eigenvalue weighted by Gasteiger charge is 2.34. The van der Waals surface area contributed by atoms with Gasteiger partial charge in [-0.05, 0) is 22.0 Å². The van der Waals surface area contributed by atoms with E-state index < -0.39 is 17.8 Å². The second-order valence-electron chi connectivity index (χ2n) is 4.65. The van der Waals surface area contributed by atoms with Crippen LogP contribution in [0.15, 0.2) is 27.9 Å². The van der Waals surface area contributed by atoms with Crippen molar-refractivity contribution < 1.29 is 32.9 Å². The minimum Gasteiger partial charge on any atom is -0.495 e. The first-order chi connectivity index (χ1) is 11.4. The molecule has 0 radical (unpaired) electrons. The highest BCUT2D eigenvalue weighted by molar-refractivity contribution is 9.10. The standard InChI is InChI=1S/C15H15BrFNO6/c1-21-12-4-9(16)10(17)5-11(12)18-7-24-6-8(14(19)22-2)13(18)15(20)23-3/h4-5H,6-7H2,1-3H3. The SMILES string of the molecule is COC(=O)C1=C(C(=O)OC)N(c2cc(F)c(Br)cc2OC)COC1. The number of hydrogen-bond donors (Lipinski definition) is 0. The molecule has 1 heterocycles. The van der Waals surface area contributed by atoms with Gasteiger partial charge >= 0.3 is 11.9 Å². The fraction of sp³-hybridized carbons (Fsp3) is 0.333. The highest BCUT2D eigenvalue weighted by atomic mass is 79.9. The van der Waals surface area contributed by atoms with E-state index in [-0.39, 0.29) is 40.5 Å². The number of anilines is 1. The summed E-state index contributed by atoms with van der Waals surface area (Å²) in [7, 11) is 3.76. The lowest BCUT2D eigenvalue weighted by Gasteiger charge is -2.32. The third-order valence-corrected chi connectivity index (χ3v) is 3.95. The molecule has 0 fully saturated rings. The summed E-state index contributed by atoms with van der Waals surface area (Å²) in [6.45, 7) is -0.225. The van der Waals surface area contributed by atoms with Crippen molar-refractivity contribution in [3.63, 3.8) is 0 Å². The zero-order valence-corrected chi connectivity index (χ0v) is 14.8. The van der Waals surface area contributed by atoms with Crippen LogP contribution in [0.5, 0.6) is 5.75 Å². The molecule has 9 heteroatoms. The Balaban J connectivity index is 2.65. The van der Waals surface area contributed by atoms with Crippen molar-refractivity contribution in [3.05, 3.63) is 33.7 Å². The Labute approximate surface area is 146 Å². The van der Waals surface area contributed by atoms with Gasteiger partial charge in [-0.3, -0.25) is 0 Å². The zero-order chi connectivity index (χ0) is 17.9. The molecule has 0 saturated heterocycles. The minimum atomic E-state index is -0.774. The molecule has 0 aromatic heterocycles. The van der Waals surface area contributed by atoms with Crippen LogP contribution < -0.4 is 9.64 Å². The van der Waals surface area contributed by atoms with E-state index in [0.717, 1.165) is 6.07 Å². The Morgan fingerprint density at radius 2 is 1.88 bits per heavy atom. The van der Waals surface area contributed by atoms with Crippen molar-refractivity contribution in [1.29, 1.82) is 0 Å². The summed E-state index contributed by atoms with van der Waals surface area (Å²) >= 11 is 3.07. The number of halogens is 2. The molecule has 1 aliphatic rings. The maximum absolute atomic E-state index is 14.0. The van der Waals surface area contributed by atoms with Gasteiger partial charge in [0.1, 0.15) is 24.0 Å². The van der Waals surface area contributed by atoms with Crippen LogP contribution in [0.3, 0.4) is 0 Å². The number of ether oxygens (including phenoxy) is 4. The van der Waals surface area contributed by atoms with E-state index in [4.69, 9.17) is 14.2 Å². The van der Waals surface area contributed by atoms with Crippen molar-refractivity contribution in [1.82, 2.24) is 0 Å². The van der Waals surface area contributed by atoms with E-state index in [2.05, 4.69) is 20.7 Å². The highest BCUT2D eigenvalue weighted by Crippen LogP contribution is 2.37. The molecule has 1 aromatic carbocycles. The third kappa shape index (κ3) is 3.36. The molecule has 7 nitrogen and oxygen atoms in total. The van der Waals surface area contributed by atoms with Crippen molar-refractivity contribution in [2.75, 3.05) is 39.6 Å². The van der Waals surface area contributed by atoms with Gasteiger partial charge in [0, 0.05) is 6.07 Å². The average Bonchev–Trinajstić information content (AvgIpc) is 2.61. The Morgan fingerprint density at radius 3 is 2.46 bits per heavy atom. The lowest BCUT2D eigenvalue weighted by atomic mass is 10.1. The van der Waals surface area contributed by atoms with Gasteiger partial charge < -0.3 is 23.8 Å². The number of nitrogens with zero attached hydrogens (tertiary/aromatic N) is 1. The van der Waals surface area contributed by atoms with Gasteiger partial charge in [-0.1, -0.05) is 0 Å². The minimum absolute atomic E-state index is 0.0269. The molecule has 0 bridgehead atoms. The van der Waals surface area contributed by atoms with Gasteiger partial charge in [0.25, 0.3) is 0 Å². The van der Waals surface area contributed by atoms with Crippen LogP contribution in [0.25, 0.3) is 0 Å². The van der Waals surface area contributed by atoms with Crippen LogP contribution >= 0.6 is 15.9 Å². The van der Waals surface area contributed by atoms with Crippen LogP contribution in [-0.4, -0.2) is 46.6 Å². The van der Waals surface area contributed by atoms with E-state index in [1.807, 2.05) is 0 Å². The van der Waals surface area contributed by atoms with Crippen LogP contribution in [0.1, 0.15) is 0 Å². The lowest BCUT2D eigenvalue weighted by molar-refractivity contribution is -0.140. The molecular weight excluding hydrogens is 389 g/mol. The topological polar surface area (TPSA) is 74.3 Å². The molecule has 130 valence electrons. The first kappa shape index (κ1) is 18.2. The van der Waals surface area contributed by atoms with Gasteiger partial charge in [0.15, 0.2) is 0 Å². The van der Waals surface area contributed by atoms with E-state index in [1.54, 1.807) is 0 Å². The molecule has 1 aliphatic heterocycles. The largest absolute Gasteiger partial charge is 0.495 e. The Kier molecular flexibility index (Phi) is 5.79. The predicted octanol–water partition coefficient (Wildman–Crippen LogP) is 1.99. The molecular formula is C15H15BrFNO6. The normalized spacial score (nSPS) is 14.5. The molecule has 0 atom stereocenters. The van der Waals surface area contributed by atoms with Crippen LogP contribution in [0, 0.1) is 5.82 Å². The second-order valence-corrected chi connectivity index (χ2v) is 5.51. The quantitative estimate of drug-likeness (QED) is 0.711. The summed E-state index contributed by atoms with van der Waals surface area (Å²) in [4.78, 5) is 25.4. The fourth-order valence-electron chi connectivity index (χ4n) is 2.23. The molecule has 0 saturated carbocycles. The van der Waals surface area contributed by atoms with Crippen LogP contribution in [0.2, 0.25) is 0 Å². The monoisotopic (exact) mass is 403 g/mol. The second kappa shape index (κ2) is 7.63. The van der Waals surface area contributed by atoms with E-state index in [0.29, 0.717) is 0 Å². The molecule has 24 heavy (non-hydrogen) atoms. The van der Waals surface area contributed by atoms with E-state index in [9.17, 15) is 14.0 Å². The first-order valence-corrected chi connectivity index (χ1v) is 7.52. The molecule has 0 aliphatic carbocycles. The van der Waals surface area contributed by atoms with Crippen molar-refractivity contribution in [3.8, 4) is 5.75 Å². The van der Waals surface area contributed by atoms with Gasteiger partial charge in [0.2, 0.25) is 0 Å². The molecule has 0 amide bonds. The Morgan fingerprint density at radius 1 is 1.21 bits per heavy atom. The van der Waals surface area contributed by atoms with Gasteiger partial charge in [-0.2, -0.15) is 0 Å². The number of rotatable bonds is 4. The molecule has 1 aromatic rings. The van der Waals surface area contributed by atoms with Crippen LogP contribution in [-0.2, 0) is 23.8 Å². The molecule has 2 rings (SSSR count). The number of carbonyl (C=O) groups is 2. The van der Waals surface area contributed by atoms with Gasteiger partial charge in [-0.25, -0.2) is 14.0 Å². The van der Waals surface area contributed by atoms with Crippen molar-refractivity contribution >= 4 is 33.6 Å². The summed E-state index contributed by atoms with van der Waals surface area (Å²) in [5.74, 6) is -1.81. The van der Waals surface area contributed by atoms with Crippen molar-refractivity contribution in [2.45, 2.75) is 0 Å². The number of methoxy groups -OCH3 is 3. The maximum atomic E-state index is 14.0. The maximum Gasteiger partial charge on any atom is 0.355 e. The summed E-state index contributed by atoms with van der Waals surface area (Å²) in [6.07, 6.45) is 0. The van der Waals surface area contributed by atoms with Crippen LogP contribution in [0.4, 0.5) is 10.1 Å². The Bertz CT molecular complexity index is 705. The van der Waals surface area contributed by atoms with E-state index >= 15 is 0 Å². The summed E-state index contributed by atoms with van der Waals surface area (Å²) in [5, 5.41) is 0. The first-order valence-electron chi connectivity index (χ1n) is 6.72. The summed E-state index contributed by atoms with van der Waals surface area (Å²) in [5.41, 5.74) is 0.0938. The molecule has 0 unspecified atom stereocenters. The fourth-order valence-corrected chi connectivity index (χ4v) is 2.55. The Hall–Kier alpha value is -2.13. The average molecular weight is 404 g/mol. The van der Waals surface area contributed by atoms with E-state index in [1.165, 1.54) is 32.3 Å². The number of esters is 2. The predicted molar refractivity (Wildman–Crippen MR) is 85.0 cm³/mol. The number of carbonyl (C=O) groups excluding carboxylic acids is 2. The molecule has 0 spiro atoms. The van der Waals surface area contributed by atoms with Gasteiger partial charge in [-0.15, -0.1) is 0 Å².